The third-order valence-electron chi connectivity index (χ3n) is 4.86. The van der Waals surface area contributed by atoms with Crippen LogP contribution in [0.25, 0.3) is 5.65 Å². The van der Waals surface area contributed by atoms with Gasteiger partial charge in [-0.15, -0.1) is 0 Å². The van der Waals surface area contributed by atoms with Gasteiger partial charge in [-0.1, -0.05) is 18.2 Å². The first-order valence-electron chi connectivity index (χ1n) is 9.34. The summed E-state index contributed by atoms with van der Waals surface area (Å²) in [5, 5.41) is 6.41. The molecule has 1 amide bonds. The molecule has 6 nitrogen and oxygen atoms in total. The van der Waals surface area contributed by atoms with Gasteiger partial charge in [0.05, 0.1) is 11.9 Å². The van der Waals surface area contributed by atoms with E-state index in [0.717, 1.165) is 42.0 Å². The number of anilines is 1. The quantitative estimate of drug-likeness (QED) is 0.705. The summed E-state index contributed by atoms with van der Waals surface area (Å²) < 4.78 is 7.55. The molecule has 2 aromatic heterocycles. The predicted octanol–water partition coefficient (Wildman–Crippen LogP) is 3.05. The second kappa shape index (κ2) is 7.90. The lowest BCUT2D eigenvalue weighted by Gasteiger charge is -2.12. The minimum atomic E-state index is -0.314. The third-order valence-corrected chi connectivity index (χ3v) is 4.86. The molecule has 140 valence electrons. The number of nitrogens with one attached hydrogen (secondary N) is 2. The van der Waals surface area contributed by atoms with Gasteiger partial charge in [-0.2, -0.15) is 0 Å². The highest BCUT2D eigenvalue weighted by Gasteiger charge is 2.23. The van der Waals surface area contributed by atoms with Gasteiger partial charge in [-0.25, -0.2) is 4.98 Å². The Morgan fingerprint density at radius 3 is 3.07 bits per heavy atom. The largest absolute Gasteiger partial charge is 0.368 e. The average molecular weight is 364 g/mol. The highest BCUT2D eigenvalue weighted by molar-refractivity contribution is 5.94. The van der Waals surface area contributed by atoms with Crippen LogP contribution in [0.15, 0.2) is 48.8 Å². The van der Waals surface area contributed by atoms with E-state index in [1.165, 1.54) is 5.56 Å². The highest BCUT2D eigenvalue weighted by Crippen LogP contribution is 2.16. The highest BCUT2D eigenvalue weighted by atomic mass is 16.5. The zero-order chi connectivity index (χ0) is 18.6. The van der Waals surface area contributed by atoms with E-state index in [0.29, 0.717) is 13.2 Å². The number of rotatable bonds is 6. The van der Waals surface area contributed by atoms with Crippen LogP contribution in [0.5, 0.6) is 0 Å². The van der Waals surface area contributed by atoms with Gasteiger partial charge < -0.3 is 19.8 Å². The van der Waals surface area contributed by atoms with Gasteiger partial charge in [-0.05, 0) is 49.1 Å². The smallest absolute Gasteiger partial charge is 0.253 e. The van der Waals surface area contributed by atoms with Gasteiger partial charge in [0, 0.05) is 31.6 Å². The molecule has 3 aromatic rings. The molecule has 1 unspecified atom stereocenters. The van der Waals surface area contributed by atoms with E-state index in [-0.39, 0.29) is 12.0 Å². The summed E-state index contributed by atoms with van der Waals surface area (Å²) in [7, 11) is 0. The summed E-state index contributed by atoms with van der Waals surface area (Å²) >= 11 is 0. The molecule has 2 N–H and O–H groups in total. The molecule has 0 radical (unpaired) electrons. The fraction of sp³-hybridized carbons (Fsp3) is 0.333. The van der Waals surface area contributed by atoms with Gasteiger partial charge >= 0.3 is 0 Å². The Morgan fingerprint density at radius 1 is 1.30 bits per heavy atom. The number of aryl methyl sites for hydroxylation is 1. The predicted molar refractivity (Wildman–Crippen MR) is 105 cm³/mol. The number of aromatic nitrogens is 2. The monoisotopic (exact) mass is 364 g/mol. The first-order chi connectivity index (χ1) is 13.2. The van der Waals surface area contributed by atoms with Crippen molar-refractivity contribution in [3.05, 3.63) is 65.6 Å². The van der Waals surface area contributed by atoms with Crippen molar-refractivity contribution in [3.8, 4) is 0 Å². The Hall–Kier alpha value is -2.70. The van der Waals surface area contributed by atoms with Crippen molar-refractivity contribution in [2.45, 2.75) is 39.0 Å². The van der Waals surface area contributed by atoms with Crippen LogP contribution in [0, 0.1) is 6.92 Å². The SMILES string of the molecule is Cc1cccn2c(CNCc3cccc(NC(=O)C4CCCO4)c3)cnc12. The number of carbonyl (C=O) groups is 1. The van der Waals surface area contributed by atoms with E-state index in [1.54, 1.807) is 0 Å². The minimum absolute atomic E-state index is 0.0568. The molecule has 0 aliphatic carbocycles. The van der Waals surface area contributed by atoms with Crippen molar-refractivity contribution in [1.29, 1.82) is 0 Å². The summed E-state index contributed by atoms with van der Waals surface area (Å²) in [6.07, 6.45) is 5.38. The second-order valence-electron chi connectivity index (χ2n) is 6.93. The van der Waals surface area contributed by atoms with Crippen LogP contribution in [0.2, 0.25) is 0 Å². The standard InChI is InChI=1S/C21H24N4O2/c1-15-5-3-9-25-18(14-23-20(15)25)13-22-12-16-6-2-7-17(11-16)24-21(26)19-8-4-10-27-19/h2-3,5-7,9,11,14,19,22H,4,8,10,12-13H2,1H3,(H,24,26). The van der Waals surface area contributed by atoms with E-state index < -0.39 is 0 Å². The van der Waals surface area contributed by atoms with Gasteiger partial charge in [0.1, 0.15) is 11.8 Å². The summed E-state index contributed by atoms with van der Waals surface area (Å²) in [4.78, 5) is 16.7. The number of fused-ring (bicyclic) bond motifs is 1. The molecule has 3 heterocycles. The molecule has 0 bridgehead atoms. The lowest BCUT2D eigenvalue weighted by molar-refractivity contribution is -0.124. The fourth-order valence-corrected chi connectivity index (χ4v) is 3.43. The fourth-order valence-electron chi connectivity index (χ4n) is 3.43. The molecule has 27 heavy (non-hydrogen) atoms. The molecule has 6 heteroatoms. The maximum absolute atomic E-state index is 12.2. The van der Waals surface area contributed by atoms with Crippen LogP contribution >= 0.6 is 0 Å². The third kappa shape index (κ3) is 4.02. The summed E-state index contributed by atoms with van der Waals surface area (Å²) in [5.74, 6) is -0.0568. The number of carbonyl (C=O) groups excluding carboxylic acids is 1. The van der Waals surface area contributed by atoms with Crippen LogP contribution in [-0.2, 0) is 22.6 Å². The maximum Gasteiger partial charge on any atom is 0.253 e. The topological polar surface area (TPSA) is 67.7 Å². The molecule has 1 saturated heterocycles. The lowest BCUT2D eigenvalue weighted by Crippen LogP contribution is -2.26. The average Bonchev–Trinajstić information content (AvgIpc) is 3.33. The van der Waals surface area contributed by atoms with E-state index in [1.807, 2.05) is 42.7 Å². The van der Waals surface area contributed by atoms with Crippen molar-refractivity contribution in [3.63, 3.8) is 0 Å². The van der Waals surface area contributed by atoms with Crippen LogP contribution in [0.4, 0.5) is 5.69 Å². The van der Waals surface area contributed by atoms with Crippen LogP contribution in [0.1, 0.15) is 29.7 Å². The number of pyridine rings is 1. The molecule has 1 atom stereocenters. The van der Waals surface area contributed by atoms with Crippen molar-refractivity contribution in [1.82, 2.24) is 14.7 Å². The number of imidazole rings is 1. The molecular formula is C21H24N4O2. The van der Waals surface area contributed by atoms with Crippen LogP contribution in [-0.4, -0.2) is 28.0 Å². The molecular weight excluding hydrogens is 340 g/mol. The van der Waals surface area contributed by atoms with Crippen LogP contribution in [0.3, 0.4) is 0 Å². The number of hydrogen-bond donors (Lipinski definition) is 2. The number of nitrogens with zero attached hydrogens (tertiary/aromatic N) is 2. The van der Waals surface area contributed by atoms with Gasteiger partial charge in [0.15, 0.2) is 0 Å². The summed E-state index contributed by atoms with van der Waals surface area (Å²) in [6.45, 7) is 4.17. The Labute approximate surface area is 158 Å². The zero-order valence-electron chi connectivity index (χ0n) is 15.4. The molecule has 1 aliphatic heterocycles. The Balaban J connectivity index is 1.35. The minimum Gasteiger partial charge on any atom is -0.368 e. The van der Waals surface area contributed by atoms with Crippen molar-refractivity contribution in [2.24, 2.45) is 0 Å². The number of amides is 1. The Morgan fingerprint density at radius 2 is 2.22 bits per heavy atom. The molecule has 4 rings (SSSR count). The second-order valence-corrected chi connectivity index (χ2v) is 6.93. The zero-order valence-corrected chi connectivity index (χ0v) is 15.4. The van der Waals surface area contributed by atoms with E-state index >= 15 is 0 Å². The lowest BCUT2D eigenvalue weighted by atomic mass is 10.2. The molecule has 1 aliphatic rings. The molecule has 0 saturated carbocycles. The summed E-state index contributed by atoms with van der Waals surface area (Å²) in [5.41, 5.74) is 5.20. The van der Waals surface area contributed by atoms with Crippen LogP contribution < -0.4 is 10.6 Å². The normalized spacial score (nSPS) is 16.7. The van der Waals surface area contributed by atoms with E-state index in [4.69, 9.17) is 4.74 Å². The van der Waals surface area contributed by atoms with Gasteiger partial charge in [0.25, 0.3) is 5.91 Å². The van der Waals surface area contributed by atoms with Crippen molar-refractivity contribution < 1.29 is 9.53 Å². The van der Waals surface area contributed by atoms with E-state index in [2.05, 4.69) is 33.0 Å². The first-order valence-corrected chi connectivity index (χ1v) is 9.34. The number of hydrogen-bond acceptors (Lipinski definition) is 4. The molecule has 1 aromatic carbocycles. The van der Waals surface area contributed by atoms with Gasteiger partial charge in [0.2, 0.25) is 0 Å². The van der Waals surface area contributed by atoms with E-state index in [9.17, 15) is 4.79 Å². The molecule has 0 spiro atoms. The Kier molecular flexibility index (Phi) is 5.18. The number of ether oxygens (including phenoxy) is 1. The Bertz CT molecular complexity index is 944. The number of benzene rings is 1. The van der Waals surface area contributed by atoms with Crippen molar-refractivity contribution in [2.75, 3.05) is 11.9 Å². The first kappa shape index (κ1) is 17.7. The van der Waals surface area contributed by atoms with Crippen molar-refractivity contribution >= 4 is 17.2 Å². The summed E-state index contributed by atoms with van der Waals surface area (Å²) in [6, 6.07) is 12.0. The molecule has 1 fully saturated rings. The van der Waals surface area contributed by atoms with Gasteiger partial charge in [-0.3, -0.25) is 4.79 Å². The maximum atomic E-state index is 12.2.